The molecule has 2 aromatic rings. The fourth-order valence-electron chi connectivity index (χ4n) is 5.76. The summed E-state index contributed by atoms with van der Waals surface area (Å²) < 4.78 is 0. The topological polar surface area (TPSA) is 98.8 Å². The summed E-state index contributed by atoms with van der Waals surface area (Å²) in [6.45, 7) is 5.36. The van der Waals surface area contributed by atoms with Crippen LogP contribution >= 0.6 is 0 Å². The molecule has 3 aliphatic rings. The lowest BCUT2D eigenvalue weighted by atomic mass is 9.82. The first-order valence-corrected chi connectivity index (χ1v) is 13.9. The maximum absolute atomic E-state index is 13.8. The molecule has 0 unspecified atom stereocenters. The highest BCUT2D eigenvalue weighted by Crippen LogP contribution is 2.35. The van der Waals surface area contributed by atoms with Gasteiger partial charge in [-0.25, -0.2) is 0 Å². The Balaban J connectivity index is 1.31. The fraction of sp³-hybridized carbons (Fsp3) is 0.467. The molecule has 2 heterocycles. The van der Waals surface area contributed by atoms with Crippen LogP contribution in [0.15, 0.2) is 36.4 Å². The molecule has 2 amide bonds. The van der Waals surface area contributed by atoms with Crippen LogP contribution < -0.4 is 10.6 Å². The molecule has 5 rings (SSSR count). The van der Waals surface area contributed by atoms with Crippen LogP contribution in [-0.4, -0.2) is 72.4 Å². The van der Waals surface area contributed by atoms with Crippen molar-refractivity contribution in [2.24, 2.45) is 0 Å². The number of carbonyl (C=O) groups excluding carboxylic acids is 4. The quantitative estimate of drug-likeness (QED) is 0.468. The van der Waals surface area contributed by atoms with Crippen molar-refractivity contribution in [3.8, 4) is 0 Å². The van der Waals surface area contributed by atoms with Crippen LogP contribution in [0.2, 0.25) is 0 Å². The van der Waals surface area contributed by atoms with E-state index in [0.717, 1.165) is 51.9 Å². The zero-order valence-corrected chi connectivity index (χ0v) is 21.9. The van der Waals surface area contributed by atoms with E-state index >= 15 is 0 Å². The van der Waals surface area contributed by atoms with Gasteiger partial charge in [0.25, 0.3) is 0 Å². The average Bonchev–Trinajstić information content (AvgIpc) is 2.94. The van der Waals surface area contributed by atoms with Crippen LogP contribution in [0.1, 0.15) is 83.2 Å². The summed E-state index contributed by atoms with van der Waals surface area (Å²) in [6.07, 6.45) is 7.72. The molecule has 2 fully saturated rings. The van der Waals surface area contributed by atoms with Gasteiger partial charge < -0.3 is 20.4 Å². The minimum absolute atomic E-state index is 0.186. The standard InChI is InChI=1S/C30H36N4O4/c35-25(13-19-33-15-3-1-4-16-33)31-23-11-7-9-21-27(23)30(38)28-22(29(21)37)10-8-12-24(28)32-26(36)14-20-34-17-5-2-6-18-34/h7-12H,1-6,13-20H2,(H,31,35)(H,32,36). The third-order valence-corrected chi connectivity index (χ3v) is 7.83. The van der Waals surface area contributed by atoms with Gasteiger partial charge in [0, 0.05) is 37.1 Å². The molecule has 8 heteroatoms. The number of nitrogens with one attached hydrogen (secondary N) is 2. The third-order valence-electron chi connectivity index (χ3n) is 7.83. The predicted octanol–water partition coefficient (Wildman–Crippen LogP) is 4.09. The van der Waals surface area contributed by atoms with Gasteiger partial charge >= 0.3 is 0 Å². The minimum atomic E-state index is -0.367. The number of piperidine rings is 2. The van der Waals surface area contributed by atoms with E-state index in [-0.39, 0.29) is 45.6 Å². The Morgan fingerprint density at radius 3 is 1.45 bits per heavy atom. The van der Waals surface area contributed by atoms with Crippen molar-refractivity contribution in [3.63, 3.8) is 0 Å². The number of ketones is 2. The molecule has 2 saturated heterocycles. The molecule has 0 atom stereocenters. The summed E-state index contributed by atoms with van der Waals surface area (Å²) in [5, 5.41) is 5.75. The zero-order chi connectivity index (χ0) is 26.5. The van der Waals surface area contributed by atoms with Crippen molar-refractivity contribution in [1.29, 1.82) is 0 Å². The minimum Gasteiger partial charge on any atom is -0.325 e. The van der Waals surface area contributed by atoms with Gasteiger partial charge in [0.05, 0.1) is 22.5 Å². The number of benzene rings is 2. The maximum Gasteiger partial charge on any atom is 0.225 e. The molecule has 1 aliphatic carbocycles. The van der Waals surface area contributed by atoms with Crippen molar-refractivity contribution < 1.29 is 19.2 Å². The monoisotopic (exact) mass is 516 g/mol. The van der Waals surface area contributed by atoms with E-state index in [1.54, 1.807) is 36.4 Å². The van der Waals surface area contributed by atoms with E-state index in [1.165, 1.54) is 12.8 Å². The van der Waals surface area contributed by atoms with Crippen molar-refractivity contribution >= 4 is 34.8 Å². The molecule has 0 bridgehead atoms. The van der Waals surface area contributed by atoms with Gasteiger partial charge in [-0.05, 0) is 64.0 Å². The van der Waals surface area contributed by atoms with Crippen LogP contribution in [0, 0.1) is 0 Å². The summed E-state index contributed by atoms with van der Waals surface area (Å²) in [5.74, 6) is -1.03. The first-order chi connectivity index (χ1) is 18.5. The maximum atomic E-state index is 13.8. The van der Waals surface area contributed by atoms with Gasteiger partial charge in [-0.2, -0.15) is 0 Å². The molecule has 0 spiro atoms. The second kappa shape index (κ2) is 12.0. The highest BCUT2D eigenvalue weighted by atomic mass is 16.2. The molecule has 2 aromatic carbocycles. The van der Waals surface area contributed by atoms with E-state index in [9.17, 15) is 19.2 Å². The van der Waals surface area contributed by atoms with Gasteiger partial charge in [-0.15, -0.1) is 0 Å². The van der Waals surface area contributed by atoms with Crippen molar-refractivity contribution in [2.45, 2.75) is 51.4 Å². The lowest BCUT2D eigenvalue weighted by Crippen LogP contribution is -2.33. The largest absolute Gasteiger partial charge is 0.325 e. The normalized spacial score (nSPS) is 18.0. The van der Waals surface area contributed by atoms with E-state index in [4.69, 9.17) is 0 Å². The number of hydrogen-bond acceptors (Lipinski definition) is 6. The Morgan fingerprint density at radius 1 is 0.605 bits per heavy atom. The van der Waals surface area contributed by atoms with Gasteiger partial charge in [0.15, 0.2) is 11.6 Å². The Hall–Kier alpha value is -3.36. The lowest BCUT2D eigenvalue weighted by Gasteiger charge is -2.26. The van der Waals surface area contributed by atoms with Crippen LogP contribution in [0.3, 0.4) is 0 Å². The Kier molecular flexibility index (Phi) is 8.29. The molecule has 0 radical (unpaired) electrons. The number of likely N-dealkylation sites (tertiary alicyclic amines) is 2. The third kappa shape index (κ3) is 5.87. The predicted molar refractivity (Wildman–Crippen MR) is 147 cm³/mol. The molecule has 0 aromatic heterocycles. The summed E-state index contributed by atoms with van der Waals surface area (Å²) in [6, 6.07) is 9.92. The highest BCUT2D eigenvalue weighted by Gasteiger charge is 2.34. The summed E-state index contributed by atoms with van der Waals surface area (Å²) in [5.41, 5.74) is 1.58. The van der Waals surface area contributed by atoms with Crippen molar-refractivity contribution in [1.82, 2.24) is 9.80 Å². The van der Waals surface area contributed by atoms with E-state index in [0.29, 0.717) is 37.3 Å². The molecule has 200 valence electrons. The first-order valence-electron chi connectivity index (χ1n) is 13.9. The highest BCUT2D eigenvalue weighted by molar-refractivity contribution is 6.32. The van der Waals surface area contributed by atoms with Crippen molar-refractivity contribution in [3.05, 3.63) is 58.7 Å². The number of fused-ring (bicyclic) bond motifs is 2. The van der Waals surface area contributed by atoms with Crippen LogP contribution in [0.5, 0.6) is 0 Å². The van der Waals surface area contributed by atoms with Crippen LogP contribution in [-0.2, 0) is 9.59 Å². The molecule has 2 aliphatic heterocycles. The zero-order valence-electron chi connectivity index (χ0n) is 21.9. The van der Waals surface area contributed by atoms with Crippen molar-refractivity contribution in [2.75, 3.05) is 49.9 Å². The number of amides is 2. The van der Waals surface area contributed by atoms with Gasteiger partial charge in [-0.1, -0.05) is 37.1 Å². The lowest BCUT2D eigenvalue weighted by molar-refractivity contribution is -0.117. The first kappa shape index (κ1) is 26.3. The smallest absolute Gasteiger partial charge is 0.225 e. The molecule has 2 N–H and O–H groups in total. The second-order valence-corrected chi connectivity index (χ2v) is 10.5. The second-order valence-electron chi connectivity index (χ2n) is 10.5. The average molecular weight is 517 g/mol. The molecular formula is C30H36N4O4. The van der Waals surface area contributed by atoms with E-state index in [2.05, 4.69) is 20.4 Å². The van der Waals surface area contributed by atoms with Gasteiger partial charge in [0.1, 0.15) is 0 Å². The van der Waals surface area contributed by atoms with E-state index < -0.39 is 0 Å². The number of hydrogen-bond donors (Lipinski definition) is 2. The molecule has 0 saturated carbocycles. The number of nitrogens with zero attached hydrogens (tertiary/aromatic N) is 2. The number of carbonyl (C=O) groups is 4. The van der Waals surface area contributed by atoms with Crippen LogP contribution in [0.25, 0.3) is 0 Å². The molecular weight excluding hydrogens is 480 g/mol. The Morgan fingerprint density at radius 2 is 1.03 bits per heavy atom. The summed E-state index contributed by atoms with van der Waals surface area (Å²) >= 11 is 0. The molecule has 8 nitrogen and oxygen atoms in total. The molecule has 38 heavy (non-hydrogen) atoms. The summed E-state index contributed by atoms with van der Waals surface area (Å²) in [4.78, 5) is 57.4. The Labute approximate surface area is 223 Å². The summed E-state index contributed by atoms with van der Waals surface area (Å²) in [7, 11) is 0. The van der Waals surface area contributed by atoms with E-state index in [1.807, 2.05) is 0 Å². The fourth-order valence-corrected chi connectivity index (χ4v) is 5.76. The van der Waals surface area contributed by atoms with Gasteiger partial charge in [-0.3, -0.25) is 19.2 Å². The Bertz CT molecular complexity index is 1140. The van der Waals surface area contributed by atoms with Crippen LogP contribution in [0.4, 0.5) is 11.4 Å². The number of rotatable bonds is 8. The number of anilines is 2. The van der Waals surface area contributed by atoms with Gasteiger partial charge in [0.2, 0.25) is 11.8 Å². The SMILES string of the molecule is O=C(CCN1CCCCC1)Nc1cccc2c1C(=O)c1c(NC(=O)CCN3CCCCC3)cccc1C2=O.